The number of hydrogen-bond donors (Lipinski definition) is 1. The molecule has 0 amide bonds. The third-order valence-electron chi connectivity index (χ3n) is 3.32. The Morgan fingerprint density at radius 3 is 1.67 bits per heavy atom. The normalized spacial score (nSPS) is 16.7. The highest BCUT2D eigenvalue weighted by Gasteiger charge is 2.21. The highest BCUT2D eigenvalue weighted by atomic mass is 16.3. The molecule has 0 aromatic rings. The van der Waals surface area contributed by atoms with Gasteiger partial charge in [-0.25, -0.2) is 0 Å². The molecule has 0 aromatic heterocycles. The van der Waals surface area contributed by atoms with Crippen LogP contribution in [0, 0.1) is 23.7 Å². The van der Waals surface area contributed by atoms with Gasteiger partial charge < -0.3 is 5.11 Å². The molecule has 2 nitrogen and oxygen atoms in total. The monoisotopic (exact) mass is 254 g/mol. The molecule has 1 N–H and O–H groups in total. The van der Waals surface area contributed by atoms with Gasteiger partial charge in [-0.05, 0) is 31.6 Å². The van der Waals surface area contributed by atoms with Crippen molar-refractivity contribution in [1.82, 2.24) is 0 Å². The molecule has 0 aliphatic carbocycles. The van der Waals surface area contributed by atoms with Gasteiger partial charge in [-0.1, -0.05) is 41.5 Å². The summed E-state index contributed by atoms with van der Waals surface area (Å²) in [5.74, 6) is 1.48. The van der Waals surface area contributed by atoms with Crippen molar-refractivity contribution in [3.05, 3.63) is 11.3 Å². The zero-order valence-corrected chi connectivity index (χ0v) is 13.1. The van der Waals surface area contributed by atoms with E-state index in [1.807, 2.05) is 13.8 Å². The maximum atomic E-state index is 12.2. The lowest BCUT2D eigenvalue weighted by Gasteiger charge is -2.18. The zero-order chi connectivity index (χ0) is 14.5. The minimum absolute atomic E-state index is 0.00148. The van der Waals surface area contributed by atoms with E-state index in [2.05, 4.69) is 27.7 Å². The fourth-order valence-corrected chi connectivity index (χ4v) is 2.50. The molecule has 0 bridgehead atoms. The predicted molar refractivity (Wildman–Crippen MR) is 77.6 cm³/mol. The number of allylic oxidation sites excluding steroid dienone is 2. The molecule has 0 aromatic carbocycles. The Morgan fingerprint density at radius 1 is 0.889 bits per heavy atom. The van der Waals surface area contributed by atoms with Gasteiger partial charge in [0.1, 0.15) is 5.76 Å². The molecule has 2 heteroatoms. The van der Waals surface area contributed by atoms with Crippen LogP contribution in [0.2, 0.25) is 0 Å². The Hall–Kier alpha value is -0.790. The van der Waals surface area contributed by atoms with E-state index >= 15 is 0 Å². The lowest BCUT2D eigenvalue weighted by Crippen LogP contribution is -2.17. The van der Waals surface area contributed by atoms with Gasteiger partial charge in [-0.15, -0.1) is 0 Å². The molecule has 0 aliphatic heterocycles. The number of aliphatic hydroxyl groups is 1. The molecule has 0 aliphatic rings. The summed E-state index contributed by atoms with van der Waals surface area (Å²) in [6, 6.07) is 0. The molecular formula is C16H30O2. The molecule has 0 saturated heterocycles. The molecule has 0 fully saturated rings. The van der Waals surface area contributed by atoms with Crippen molar-refractivity contribution in [3.8, 4) is 0 Å². The summed E-state index contributed by atoms with van der Waals surface area (Å²) in [7, 11) is 0. The number of aliphatic hydroxyl groups excluding tert-OH is 1. The van der Waals surface area contributed by atoms with Gasteiger partial charge in [0.25, 0.3) is 0 Å². The molecule has 2 unspecified atom stereocenters. The van der Waals surface area contributed by atoms with Gasteiger partial charge in [-0.2, -0.15) is 0 Å². The summed E-state index contributed by atoms with van der Waals surface area (Å²) in [4.78, 5) is 12.2. The fourth-order valence-electron chi connectivity index (χ4n) is 2.50. The SMILES string of the molecule is CC(C(=O)C(C)CC(C)C)=C(O)C(C)CC(C)C. The van der Waals surface area contributed by atoms with Crippen LogP contribution in [-0.2, 0) is 4.79 Å². The van der Waals surface area contributed by atoms with Crippen molar-refractivity contribution < 1.29 is 9.90 Å². The van der Waals surface area contributed by atoms with Crippen LogP contribution in [0.1, 0.15) is 61.3 Å². The number of rotatable bonds is 7. The molecule has 0 spiro atoms. The molecular weight excluding hydrogens is 224 g/mol. The van der Waals surface area contributed by atoms with Gasteiger partial charge in [-0.3, -0.25) is 4.79 Å². The Bertz CT molecular complexity index is 300. The quantitative estimate of drug-likeness (QED) is 0.525. The van der Waals surface area contributed by atoms with Gasteiger partial charge >= 0.3 is 0 Å². The predicted octanol–water partition coefficient (Wildman–Crippen LogP) is 4.75. The lowest BCUT2D eigenvalue weighted by molar-refractivity contribution is -0.119. The first-order valence-electron chi connectivity index (χ1n) is 7.10. The average molecular weight is 254 g/mol. The van der Waals surface area contributed by atoms with E-state index in [4.69, 9.17) is 0 Å². The first-order valence-corrected chi connectivity index (χ1v) is 7.10. The molecule has 0 saturated carbocycles. The average Bonchev–Trinajstić information content (AvgIpc) is 2.24. The van der Waals surface area contributed by atoms with E-state index < -0.39 is 0 Å². The maximum Gasteiger partial charge on any atom is 0.164 e. The van der Waals surface area contributed by atoms with Crippen LogP contribution in [0.25, 0.3) is 0 Å². The second-order valence-corrected chi connectivity index (χ2v) is 6.44. The molecule has 2 atom stereocenters. The largest absolute Gasteiger partial charge is 0.512 e. The van der Waals surface area contributed by atoms with Crippen LogP contribution in [-0.4, -0.2) is 10.9 Å². The number of carbonyl (C=O) groups excluding carboxylic acids is 1. The van der Waals surface area contributed by atoms with Crippen LogP contribution in [0.4, 0.5) is 0 Å². The highest BCUT2D eigenvalue weighted by molar-refractivity contribution is 5.96. The van der Waals surface area contributed by atoms with Crippen molar-refractivity contribution in [1.29, 1.82) is 0 Å². The first-order chi connectivity index (χ1) is 8.16. The number of Topliss-reactive ketones (excluding diaryl/α,β-unsaturated/α-hetero) is 1. The molecule has 0 rings (SSSR count). The van der Waals surface area contributed by atoms with Crippen molar-refractivity contribution in [2.45, 2.75) is 61.3 Å². The third kappa shape index (κ3) is 5.70. The minimum atomic E-state index is -0.00148. The van der Waals surface area contributed by atoms with E-state index in [0.29, 0.717) is 17.4 Å². The van der Waals surface area contributed by atoms with Crippen molar-refractivity contribution in [2.24, 2.45) is 23.7 Å². The first kappa shape index (κ1) is 17.2. The van der Waals surface area contributed by atoms with Crippen LogP contribution in [0.15, 0.2) is 11.3 Å². The second-order valence-electron chi connectivity index (χ2n) is 6.44. The second kappa shape index (κ2) is 7.60. The van der Waals surface area contributed by atoms with Gasteiger partial charge in [0.15, 0.2) is 5.78 Å². The van der Waals surface area contributed by atoms with Crippen molar-refractivity contribution >= 4 is 5.78 Å². The smallest absolute Gasteiger partial charge is 0.164 e. The van der Waals surface area contributed by atoms with E-state index in [9.17, 15) is 9.90 Å². The lowest BCUT2D eigenvalue weighted by atomic mass is 9.88. The summed E-state index contributed by atoms with van der Waals surface area (Å²) in [6.45, 7) is 14.2. The summed E-state index contributed by atoms with van der Waals surface area (Å²) in [6.07, 6.45) is 1.79. The van der Waals surface area contributed by atoms with E-state index in [-0.39, 0.29) is 23.4 Å². The Morgan fingerprint density at radius 2 is 1.28 bits per heavy atom. The highest BCUT2D eigenvalue weighted by Crippen LogP contribution is 2.23. The summed E-state index contributed by atoms with van der Waals surface area (Å²) >= 11 is 0. The van der Waals surface area contributed by atoms with Crippen LogP contribution in [0.3, 0.4) is 0 Å². The molecule has 18 heavy (non-hydrogen) atoms. The van der Waals surface area contributed by atoms with Crippen LogP contribution in [0.5, 0.6) is 0 Å². The van der Waals surface area contributed by atoms with Gasteiger partial charge in [0, 0.05) is 17.4 Å². The molecule has 0 radical (unpaired) electrons. The van der Waals surface area contributed by atoms with E-state index in [1.165, 1.54) is 0 Å². The van der Waals surface area contributed by atoms with Gasteiger partial charge in [0.2, 0.25) is 0 Å². The molecule has 0 heterocycles. The zero-order valence-electron chi connectivity index (χ0n) is 13.1. The van der Waals surface area contributed by atoms with E-state index in [1.54, 1.807) is 6.92 Å². The van der Waals surface area contributed by atoms with Crippen LogP contribution >= 0.6 is 0 Å². The summed E-state index contributed by atoms with van der Waals surface area (Å²) in [5.41, 5.74) is 0.552. The van der Waals surface area contributed by atoms with Gasteiger partial charge in [0.05, 0.1) is 0 Å². The Kier molecular flexibility index (Phi) is 7.27. The fraction of sp³-hybridized carbons (Fsp3) is 0.812. The summed E-state index contributed by atoms with van der Waals surface area (Å²) < 4.78 is 0. The topological polar surface area (TPSA) is 37.3 Å². The minimum Gasteiger partial charge on any atom is -0.512 e. The van der Waals surface area contributed by atoms with Crippen molar-refractivity contribution in [3.63, 3.8) is 0 Å². The van der Waals surface area contributed by atoms with E-state index in [0.717, 1.165) is 12.8 Å². The number of ketones is 1. The number of carbonyl (C=O) groups is 1. The molecule has 106 valence electrons. The van der Waals surface area contributed by atoms with Crippen LogP contribution < -0.4 is 0 Å². The third-order valence-corrected chi connectivity index (χ3v) is 3.32. The Balaban J connectivity index is 4.77. The number of hydrogen-bond acceptors (Lipinski definition) is 2. The Labute approximate surface area is 112 Å². The standard InChI is InChI=1S/C16H30O2/c1-10(2)8-12(5)15(17)14(7)16(18)13(6)9-11(3)4/h10-13,17H,8-9H2,1-7H3. The maximum absolute atomic E-state index is 12.2. The summed E-state index contributed by atoms with van der Waals surface area (Å²) in [5, 5.41) is 10.1. The van der Waals surface area contributed by atoms with Crippen molar-refractivity contribution in [2.75, 3.05) is 0 Å².